The number of nitrogens with one attached hydrogen (secondary N) is 2. The number of hydrogen-bond acceptors (Lipinski definition) is 7. The fourth-order valence-corrected chi connectivity index (χ4v) is 5.58. The van der Waals surface area contributed by atoms with Crippen molar-refractivity contribution in [2.75, 3.05) is 49.1 Å². The van der Waals surface area contributed by atoms with Crippen LogP contribution < -0.4 is 25.6 Å². The molecule has 1 aliphatic heterocycles. The summed E-state index contributed by atoms with van der Waals surface area (Å²) in [6.07, 6.45) is 3.96. The number of halogens is 1. The number of nitrogens with zero attached hydrogens (tertiary/aromatic N) is 3. The quantitative estimate of drug-likeness (QED) is 0.374. The topological polar surface area (TPSA) is 82.5 Å². The molecule has 0 bridgehead atoms. The maximum absolute atomic E-state index is 10.7. The fraction of sp³-hybridized carbons (Fsp3) is 0.360. The SMILES string of the molecule is COc1cc(N2CCC(C)CC2)ccc1Nc1ncc(Cl)c(Nc2ccccc2[PH](C)(C)O)n1. The molecule has 2 heterocycles. The number of rotatable bonds is 7. The zero-order chi connectivity index (χ0) is 24.3. The average molecular weight is 502 g/mol. The molecule has 0 unspecified atom stereocenters. The second kappa shape index (κ2) is 10.3. The number of piperidine rings is 1. The zero-order valence-corrected chi connectivity index (χ0v) is 21.9. The molecule has 34 heavy (non-hydrogen) atoms. The van der Waals surface area contributed by atoms with E-state index < -0.39 is 7.49 Å². The third-order valence-electron chi connectivity index (χ3n) is 6.16. The van der Waals surface area contributed by atoms with E-state index in [-0.39, 0.29) is 0 Å². The van der Waals surface area contributed by atoms with Gasteiger partial charge in [0, 0.05) is 13.1 Å². The molecule has 1 saturated heterocycles. The van der Waals surface area contributed by atoms with Crippen LogP contribution in [0.3, 0.4) is 0 Å². The summed E-state index contributed by atoms with van der Waals surface area (Å²) in [5, 5.41) is 7.79. The van der Waals surface area contributed by atoms with Crippen molar-refractivity contribution in [3.05, 3.63) is 53.7 Å². The summed E-state index contributed by atoms with van der Waals surface area (Å²) >= 11 is 6.39. The maximum atomic E-state index is 10.7. The van der Waals surface area contributed by atoms with E-state index in [1.54, 1.807) is 13.3 Å². The van der Waals surface area contributed by atoms with Crippen LogP contribution in [0.5, 0.6) is 5.75 Å². The van der Waals surface area contributed by atoms with E-state index in [1.165, 1.54) is 12.8 Å². The van der Waals surface area contributed by atoms with Crippen LogP contribution in [0.2, 0.25) is 5.02 Å². The predicted octanol–water partition coefficient (Wildman–Crippen LogP) is 5.40. The molecule has 0 radical (unpaired) electrons. The third-order valence-corrected chi connectivity index (χ3v) is 8.19. The molecule has 0 aliphatic carbocycles. The third kappa shape index (κ3) is 5.72. The van der Waals surface area contributed by atoms with Crippen LogP contribution in [-0.4, -0.2) is 48.4 Å². The minimum atomic E-state index is -2.54. The number of ether oxygens (including phenoxy) is 1. The first-order valence-corrected chi connectivity index (χ1v) is 14.9. The van der Waals surface area contributed by atoms with Gasteiger partial charge in [0.05, 0.1) is 0 Å². The van der Waals surface area contributed by atoms with Gasteiger partial charge in [-0.25, -0.2) is 0 Å². The molecular formula is C25H33ClN5O2P. The van der Waals surface area contributed by atoms with Crippen LogP contribution in [-0.2, 0) is 0 Å². The van der Waals surface area contributed by atoms with E-state index in [0.29, 0.717) is 16.8 Å². The number of methoxy groups -OCH3 is 1. The Bertz CT molecular complexity index is 1150. The van der Waals surface area contributed by atoms with Crippen molar-refractivity contribution in [3.8, 4) is 5.75 Å². The summed E-state index contributed by atoms with van der Waals surface area (Å²) in [4.78, 5) is 22.0. The number of anilines is 5. The van der Waals surface area contributed by atoms with E-state index in [1.807, 2.05) is 43.7 Å². The Kier molecular flexibility index (Phi) is 7.46. The van der Waals surface area contributed by atoms with Gasteiger partial charge in [-0.05, 0) is 18.8 Å². The van der Waals surface area contributed by atoms with Gasteiger partial charge in [0.25, 0.3) is 0 Å². The molecule has 2 aromatic carbocycles. The van der Waals surface area contributed by atoms with E-state index in [4.69, 9.17) is 16.3 Å². The van der Waals surface area contributed by atoms with Crippen LogP contribution in [0.15, 0.2) is 48.7 Å². The van der Waals surface area contributed by atoms with Crippen molar-refractivity contribution >= 4 is 53.2 Å². The molecule has 1 aromatic heterocycles. The van der Waals surface area contributed by atoms with E-state index in [9.17, 15) is 4.89 Å². The Balaban J connectivity index is 1.56. The van der Waals surface area contributed by atoms with Crippen molar-refractivity contribution in [1.29, 1.82) is 0 Å². The van der Waals surface area contributed by atoms with Crippen LogP contribution >= 0.6 is 19.1 Å². The molecule has 0 atom stereocenters. The van der Waals surface area contributed by atoms with Crippen LogP contribution in [0.4, 0.5) is 28.8 Å². The van der Waals surface area contributed by atoms with Gasteiger partial charge in [-0.1, -0.05) is 6.92 Å². The van der Waals surface area contributed by atoms with Gasteiger partial charge in [-0.3, -0.25) is 0 Å². The normalized spacial score (nSPS) is 15.2. The summed E-state index contributed by atoms with van der Waals surface area (Å²) in [5.74, 6) is 2.36. The molecule has 0 amide bonds. The summed E-state index contributed by atoms with van der Waals surface area (Å²) < 4.78 is 5.66. The van der Waals surface area contributed by atoms with Crippen molar-refractivity contribution < 1.29 is 9.63 Å². The summed E-state index contributed by atoms with van der Waals surface area (Å²) in [6.45, 7) is 8.18. The van der Waals surface area contributed by atoms with Gasteiger partial charge >= 0.3 is 168 Å². The molecular weight excluding hydrogens is 469 g/mol. The zero-order valence-electron chi connectivity index (χ0n) is 20.1. The second-order valence-corrected chi connectivity index (χ2v) is 13.4. The molecule has 3 aromatic rings. The van der Waals surface area contributed by atoms with Crippen molar-refractivity contribution in [2.45, 2.75) is 19.8 Å². The van der Waals surface area contributed by atoms with Gasteiger partial charge in [-0.2, -0.15) is 0 Å². The van der Waals surface area contributed by atoms with E-state index in [0.717, 1.165) is 47.1 Å². The second-order valence-electron chi connectivity index (χ2n) is 9.30. The number of hydrogen-bond donors (Lipinski definition) is 3. The number of aromatic nitrogens is 2. The average Bonchev–Trinajstić information content (AvgIpc) is 2.81. The fourth-order valence-electron chi connectivity index (χ4n) is 4.14. The van der Waals surface area contributed by atoms with E-state index >= 15 is 0 Å². The van der Waals surface area contributed by atoms with Crippen molar-refractivity contribution in [1.82, 2.24) is 9.97 Å². The summed E-state index contributed by atoms with van der Waals surface area (Å²) in [6, 6.07) is 13.8. The molecule has 9 heteroatoms. The van der Waals surface area contributed by atoms with Crippen LogP contribution in [0.25, 0.3) is 0 Å². The Morgan fingerprint density at radius 2 is 1.82 bits per heavy atom. The Morgan fingerprint density at radius 1 is 1.09 bits per heavy atom. The van der Waals surface area contributed by atoms with Gasteiger partial charge in [0.1, 0.15) is 0 Å². The van der Waals surface area contributed by atoms with Crippen LogP contribution in [0, 0.1) is 5.92 Å². The molecule has 3 N–H and O–H groups in total. The van der Waals surface area contributed by atoms with Gasteiger partial charge in [0.2, 0.25) is 0 Å². The standard InChI is InChI=1S/C25H33ClN5O2P/c1-17-11-13-31(14-12-17)18-9-10-20(22(15-18)33-2)29-25-27-16-19(26)24(30-25)28-21-7-5-6-8-23(21)34(3,4)32/h5-10,15-17,32,34H,11-14H2,1-4H3,(H2,27,28,29,30). The molecule has 0 spiro atoms. The van der Waals surface area contributed by atoms with Gasteiger partial charge in [0.15, 0.2) is 0 Å². The minimum absolute atomic E-state index is 0.388. The summed E-state index contributed by atoms with van der Waals surface area (Å²) in [7, 11) is -0.883. The van der Waals surface area contributed by atoms with Crippen LogP contribution in [0.1, 0.15) is 19.8 Å². The monoisotopic (exact) mass is 501 g/mol. The predicted molar refractivity (Wildman–Crippen MR) is 146 cm³/mol. The first-order chi connectivity index (χ1) is 16.2. The molecule has 1 aliphatic rings. The van der Waals surface area contributed by atoms with E-state index in [2.05, 4.69) is 44.6 Å². The van der Waals surface area contributed by atoms with Crippen molar-refractivity contribution in [3.63, 3.8) is 0 Å². The Hall–Kier alpha value is -2.60. The number of benzene rings is 2. The van der Waals surface area contributed by atoms with Gasteiger partial charge in [-0.15, -0.1) is 0 Å². The molecule has 0 saturated carbocycles. The first kappa shape index (κ1) is 24.5. The summed E-state index contributed by atoms with van der Waals surface area (Å²) in [5.41, 5.74) is 2.71. The molecule has 1 fully saturated rings. The Morgan fingerprint density at radius 3 is 2.53 bits per heavy atom. The molecule has 182 valence electrons. The number of para-hydroxylation sites is 1. The van der Waals surface area contributed by atoms with Gasteiger partial charge < -0.3 is 0 Å². The molecule has 7 nitrogen and oxygen atoms in total. The first-order valence-electron chi connectivity index (χ1n) is 11.6. The Labute approximate surface area is 207 Å². The molecule has 4 rings (SSSR count). The van der Waals surface area contributed by atoms with Crippen molar-refractivity contribution in [2.24, 2.45) is 5.92 Å².